The number of imidazole rings is 1. The molecule has 0 saturated heterocycles. The summed E-state index contributed by atoms with van der Waals surface area (Å²) in [5.74, 6) is 0.278. The molecular weight excluding hydrogens is 212 g/mol. The standard InChI is InChI=1S/C14H24N2O/c1-6-13(4,12(3)17)10-14(5,7-2)16-9-8-15-11-16/h8-9,11H,6-7,10H2,1-5H3. The maximum atomic E-state index is 11.8. The van der Waals surface area contributed by atoms with Crippen LogP contribution in [0.4, 0.5) is 0 Å². The maximum absolute atomic E-state index is 11.8. The number of hydrogen-bond donors (Lipinski definition) is 0. The molecule has 0 fully saturated rings. The van der Waals surface area contributed by atoms with Crippen LogP contribution in [0.3, 0.4) is 0 Å². The van der Waals surface area contributed by atoms with Gasteiger partial charge in [-0.3, -0.25) is 4.79 Å². The minimum absolute atomic E-state index is 0.0348. The fraction of sp³-hybridized carbons (Fsp3) is 0.714. The van der Waals surface area contributed by atoms with Crippen LogP contribution in [0, 0.1) is 5.41 Å². The topological polar surface area (TPSA) is 34.9 Å². The number of rotatable bonds is 6. The predicted molar refractivity (Wildman–Crippen MR) is 69.9 cm³/mol. The highest BCUT2D eigenvalue weighted by atomic mass is 16.1. The zero-order chi connectivity index (χ0) is 13.1. The van der Waals surface area contributed by atoms with Gasteiger partial charge in [-0.2, -0.15) is 0 Å². The van der Waals surface area contributed by atoms with Crippen molar-refractivity contribution in [2.45, 2.75) is 59.4 Å². The zero-order valence-corrected chi connectivity index (χ0v) is 11.7. The van der Waals surface area contributed by atoms with Gasteiger partial charge in [-0.1, -0.05) is 20.8 Å². The van der Waals surface area contributed by atoms with Gasteiger partial charge in [0.2, 0.25) is 0 Å². The molecule has 0 aliphatic carbocycles. The Morgan fingerprint density at radius 1 is 1.29 bits per heavy atom. The van der Waals surface area contributed by atoms with Gasteiger partial charge in [0.05, 0.1) is 6.33 Å². The Labute approximate surface area is 104 Å². The molecule has 3 nitrogen and oxygen atoms in total. The lowest BCUT2D eigenvalue weighted by Gasteiger charge is -2.38. The van der Waals surface area contributed by atoms with Crippen molar-refractivity contribution >= 4 is 5.78 Å². The second kappa shape index (κ2) is 5.03. The molecule has 1 rings (SSSR count). The minimum atomic E-state index is -0.241. The highest BCUT2D eigenvalue weighted by Gasteiger charge is 2.37. The van der Waals surface area contributed by atoms with E-state index in [4.69, 9.17) is 0 Å². The summed E-state index contributed by atoms with van der Waals surface area (Å²) in [6.07, 6.45) is 8.36. The summed E-state index contributed by atoms with van der Waals surface area (Å²) in [5, 5.41) is 0. The van der Waals surface area contributed by atoms with E-state index in [9.17, 15) is 4.79 Å². The molecule has 1 heterocycles. The Hall–Kier alpha value is -1.12. The molecule has 1 aromatic rings. The van der Waals surface area contributed by atoms with Crippen LogP contribution in [0.1, 0.15) is 53.9 Å². The van der Waals surface area contributed by atoms with Crippen molar-refractivity contribution in [2.24, 2.45) is 5.41 Å². The Morgan fingerprint density at radius 2 is 1.94 bits per heavy atom. The zero-order valence-electron chi connectivity index (χ0n) is 11.7. The lowest BCUT2D eigenvalue weighted by molar-refractivity contribution is -0.127. The molecule has 17 heavy (non-hydrogen) atoms. The Balaban J connectivity index is 3.00. The summed E-state index contributed by atoms with van der Waals surface area (Å²) in [4.78, 5) is 16.0. The Kier molecular flexibility index (Phi) is 4.12. The van der Waals surface area contributed by atoms with E-state index < -0.39 is 0 Å². The first-order valence-electron chi connectivity index (χ1n) is 6.37. The van der Waals surface area contributed by atoms with Crippen LogP contribution in [-0.4, -0.2) is 15.3 Å². The minimum Gasteiger partial charge on any atom is -0.332 e. The molecule has 0 saturated carbocycles. The average molecular weight is 236 g/mol. The first kappa shape index (κ1) is 13.9. The SMILES string of the molecule is CCC(C)(CC(C)(CC)n1ccnc1)C(C)=O. The largest absolute Gasteiger partial charge is 0.332 e. The van der Waals surface area contributed by atoms with Gasteiger partial charge in [-0.15, -0.1) is 0 Å². The average Bonchev–Trinajstić information content (AvgIpc) is 2.82. The number of ketones is 1. The van der Waals surface area contributed by atoms with E-state index in [1.165, 1.54) is 0 Å². The van der Waals surface area contributed by atoms with Crippen LogP contribution < -0.4 is 0 Å². The maximum Gasteiger partial charge on any atom is 0.135 e. The van der Waals surface area contributed by atoms with E-state index in [2.05, 4.69) is 37.2 Å². The first-order valence-corrected chi connectivity index (χ1v) is 6.37. The van der Waals surface area contributed by atoms with Gasteiger partial charge >= 0.3 is 0 Å². The van der Waals surface area contributed by atoms with Gasteiger partial charge in [0, 0.05) is 23.3 Å². The van der Waals surface area contributed by atoms with Crippen molar-refractivity contribution in [3.63, 3.8) is 0 Å². The van der Waals surface area contributed by atoms with Crippen molar-refractivity contribution in [3.05, 3.63) is 18.7 Å². The van der Waals surface area contributed by atoms with Crippen LogP contribution in [0.5, 0.6) is 0 Å². The molecule has 0 aliphatic heterocycles. The third-order valence-electron chi connectivity index (χ3n) is 4.29. The lowest BCUT2D eigenvalue weighted by Crippen LogP contribution is -2.38. The van der Waals surface area contributed by atoms with Gasteiger partial charge in [0.15, 0.2) is 0 Å². The molecule has 0 radical (unpaired) electrons. The summed E-state index contributed by atoms with van der Waals surface area (Å²) >= 11 is 0. The van der Waals surface area contributed by atoms with E-state index in [0.29, 0.717) is 0 Å². The fourth-order valence-corrected chi connectivity index (χ4v) is 2.32. The Bertz CT molecular complexity index is 372. The molecular formula is C14H24N2O. The third-order valence-corrected chi connectivity index (χ3v) is 4.29. The van der Waals surface area contributed by atoms with Gasteiger partial charge in [0.1, 0.15) is 5.78 Å². The highest BCUT2D eigenvalue weighted by Crippen LogP contribution is 2.38. The number of nitrogens with zero attached hydrogens (tertiary/aromatic N) is 2. The van der Waals surface area contributed by atoms with Crippen LogP contribution in [-0.2, 0) is 10.3 Å². The first-order chi connectivity index (χ1) is 7.88. The molecule has 0 spiro atoms. The molecule has 0 bridgehead atoms. The van der Waals surface area contributed by atoms with Crippen molar-refractivity contribution in [3.8, 4) is 0 Å². The lowest BCUT2D eigenvalue weighted by atomic mass is 9.72. The number of Topliss-reactive ketones (excluding diaryl/α,β-unsaturated/α-hetero) is 1. The van der Waals surface area contributed by atoms with Crippen molar-refractivity contribution in [1.29, 1.82) is 0 Å². The van der Waals surface area contributed by atoms with Gasteiger partial charge < -0.3 is 4.57 Å². The van der Waals surface area contributed by atoms with E-state index in [1.807, 2.05) is 12.5 Å². The van der Waals surface area contributed by atoms with Crippen LogP contribution in [0.25, 0.3) is 0 Å². The smallest absolute Gasteiger partial charge is 0.135 e. The van der Waals surface area contributed by atoms with E-state index in [0.717, 1.165) is 19.3 Å². The number of carbonyl (C=O) groups excluding carboxylic acids is 1. The summed E-state index contributed by atoms with van der Waals surface area (Å²) in [6, 6.07) is 0. The van der Waals surface area contributed by atoms with Crippen molar-refractivity contribution in [1.82, 2.24) is 9.55 Å². The molecule has 2 unspecified atom stereocenters. The van der Waals surface area contributed by atoms with Gasteiger partial charge in [-0.25, -0.2) is 4.98 Å². The van der Waals surface area contributed by atoms with Crippen LogP contribution >= 0.6 is 0 Å². The van der Waals surface area contributed by atoms with E-state index >= 15 is 0 Å². The second-order valence-corrected chi connectivity index (χ2v) is 5.47. The monoisotopic (exact) mass is 236 g/mol. The summed E-state index contributed by atoms with van der Waals surface area (Å²) in [5.41, 5.74) is -0.276. The molecule has 3 heteroatoms. The molecule has 0 aromatic carbocycles. The Morgan fingerprint density at radius 3 is 2.29 bits per heavy atom. The molecule has 0 N–H and O–H groups in total. The number of carbonyl (C=O) groups is 1. The summed E-state index contributed by atoms with van der Waals surface area (Å²) in [7, 11) is 0. The van der Waals surface area contributed by atoms with E-state index in [-0.39, 0.29) is 16.7 Å². The molecule has 96 valence electrons. The fourth-order valence-electron chi connectivity index (χ4n) is 2.32. The third kappa shape index (κ3) is 2.76. The highest BCUT2D eigenvalue weighted by molar-refractivity contribution is 5.81. The van der Waals surface area contributed by atoms with Gasteiger partial charge in [0.25, 0.3) is 0 Å². The van der Waals surface area contributed by atoms with Gasteiger partial charge in [-0.05, 0) is 33.1 Å². The molecule has 2 atom stereocenters. The number of aromatic nitrogens is 2. The number of hydrogen-bond acceptors (Lipinski definition) is 2. The van der Waals surface area contributed by atoms with E-state index in [1.54, 1.807) is 13.1 Å². The predicted octanol–water partition coefficient (Wildman–Crippen LogP) is 3.40. The quantitative estimate of drug-likeness (QED) is 0.758. The summed E-state index contributed by atoms with van der Waals surface area (Å²) < 4.78 is 2.13. The molecule has 1 aromatic heterocycles. The van der Waals surface area contributed by atoms with Crippen molar-refractivity contribution < 1.29 is 4.79 Å². The summed E-state index contributed by atoms with van der Waals surface area (Å²) in [6.45, 7) is 10.2. The second-order valence-electron chi connectivity index (χ2n) is 5.47. The van der Waals surface area contributed by atoms with Crippen LogP contribution in [0.2, 0.25) is 0 Å². The molecule has 0 aliphatic rings. The van der Waals surface area contributed by atoms with Crippen LogP contribution in [0.15, 0.2) is 18.7 Å². The molecule has 0 amide bonds. The normalized spacial score (nSPS) is 18.4. The van der Waals surface area contributed by atoms with Crippen molar-refractivity contribution in [2.75, 3.05) is 0 Å².